The summed E-state index contributed by atoms with van der Waals surface area (Å²) in [5, 5.41) is 9.57. The van der Waals surface area contributed by atoms with Crippen LogP contribution in [0.15, 0.2) is 11.6 Å². The first kappa shape index (κ1) is 14.7. The predicted molar refractivity (Wildman–Crippen MR) is 68.1 cm³/mol. The number of ether oxygens (including phenoxy) is 1. The molecule has 1 saturated carbocycles. The molecule has 18 heavy (non-hydrogen) atoms. The predicted octanol–water partition coefficient (Wildman–Crippen LogP) is 2.78. The molecule has 102 valence electrons. The number of allylic oxidation sites excluding steroid dienone is 2. The largest absolute Gasteiger partial charge is 0.480 e. The molecule has 0 aromatic carbocycles. The molecule has 1 aliphatic carbocycles. The molecule has 0 bridgehead atoms. The molecule has 0 aromatic heterocycles. The first-order valence-corrected chi connectivity index (χ1v) is 6.40. The van der Waals surface area contributed by atoms with E-state index in [0.717, 1.165) is 31.3 Å². The number of carboxylic acids is 1. The number of aliphatic carboxylic acids is 1. The summed E-state index contributed by atoms with van der Waals surface area (Å²) in [4.78, 5) is 23.7. The zero-order valence-electron chi connectivity index (χ0n) is 11.4. The van der Waals surface area contributed by atoms with Crippen molar-refractivity contribution in [1.82, 2.24) is 0 Å². The third kappa shape index (κ3) is 2.74. The quantitative estimate of drug-likeness (QED) is 0.465. The Hall–Kier alpha value is -1.32. The summed E-state index contributed by atoms with van der Waals surface area (Å²) >= 11 is 0. The molecular formula is C14H22O4. The number of carbonyl (C=O) groups is 2. The van der Waals surface area contributed by atoms with Crippen LogP contribution in [0.25, 0.3) is 0 Å². The highest BCUT2D eigenvalue weighted by Crippen LogP contribution is 2.44. The molecule has 1 unspecified atom stereocenters. The molecule has 1 atom stereocenters. The SMILES string of the molecule is COC(=O)C(CC=C(C)C)(C(=O)O)C1CCCC1. The van der Waals surface area contributed by atoms with Crippen molar-refractivity contribution in [3.63, 3.8) is 0 Å². The van der Waals surface area contributed by atoms with Crippen LogP contribution < -0.4 is 0 Å². The fourth-order valence-electron chi connectivity index (χ4n) is 2.73. The second-order valence-corrected chi connectivity index (χ2v) is 5.24. The van der Waals surface area contributed by atoms with Crippen molar-refractivity contribution in [2.75, 3.05) is 7.11 Å². The summed E-state index contributed by atoms with van der Waals surface area (Å²) in [5.41, 5.74) is -0.384. The molecule has 4 nitrogen and oxygen atoms in total. The Morgan fingerprint density at radius 2 is 1.89 bits per heavy atom. The number of carboxylic acid groups (broad SMARTS) is 1. The van der Waals surface area contributed by atoms with Gasteiger partial charge < -0.3 is 9.84 Å². The number of hydrogen-bond acceptors (Lipinski definition) is 3. The summed E-state index contributed by atoms with van der Waals surface area (Å²) in [6.45, 7) is 3.80. The van der Waals surface area contributed by atoms with Crippen LogP contribution in [-0.2, 0) is 14.3 Å². The van der Waals surface area contributed by atoms with Crippen molar-refractivity contribution >= 4 is 11.9 Å². The van der Waals surface area contributed by atoms with Gasteiger partial charge in [-0.1, -0.05) is 24.5 Å². The van der Waals surface area contributed by atoms with Crippen LogP contribution in [0.5, 0.6) is 0 Å². The molecule has 0 aliphatic heterocycles. The van der Waals surface area contributed by atoms with Gasteiger partial charge >= 0.3 is 11.9 Å². The van der Waals surface area contributed by atoms with Gasteiger partial charge in [-0.25, -0.2) is 0 Å². The van der Waals surface area contributed by atoms with E-state index >= 15 is 0 Å². The maximum absolute atomic E-state index is 12.0. The molecule has 0 radical (unpaired) electrons. The van der Waals surface area contributed by atoms with Gasteiger partial charge in [-0.05, 0) is 39.0 Å². The molecule has 0 saturated heterocycles. The van der Waals surface area contributed by atoms with Crippen molar-refractivity contribution in [3.8, 4) is 0 Å². The van der Waals surface area contributed by atoms with Gasteiger partial charge in [0.2, 0.25) is 0 Å². The van der Waals surface area contributed by atoms with E-state index < -0.39 is 17.4 Å². The van der Waals surface area contributed by atoms with Crippen LogP contribution >= 0.6 is 0 Å². The van der Waals surface area contributed by atoms with Gasteiger partial charge in [0.25, 0.3) is 0 Å². The Morgan fingerprint density at radius 3 is 2.28 bits per heavy atom. The van der Waals surface area contributed by atoms with Crippen LogP contribution in [0.4, 0.5) is 0 Å². The third-order valence-electron chi connectivity index (χ3n) is 3.82. The zero-order valence-corrected chi connectivity index (χ0v) is 11.4. The number of rotatable bonds is 5. The van der Waals surface area contributed by atoms with Gasteiger partial charge in [0, 0.05) is 0 Å². The third-order valence-corrected chi connectivity index (χ3v) is 3.82. The second-order valence-electron chi connectivity index (χ2n) is 5.24. The van der Waals surface area contributed by atoms with Gasteiger partial charge in [0.15, 0.2) is 5.41 Å². The molecule has 1 N–H and O–H groups in total. The monoisotopic (exact) mass is 254 g/mol. The van der Waals surface area contributed by atoms with Gasteiger partial charge in [-0.2, -0.15) is 0 Å². The molecule has 4 heteroatoms. The topological polar surface area (TPSA) is 63.6 Å². The Kier molecular flexibility index (Phi) is 4.93. The molecule has 1 aliphatic rings. The van der Waals surface area contributed by atoms with Crippen LogP contribution in [0.1, 0.15) is 46.0 Å². The molecule has 0 amide bonds. The number of esters is 1. The fraction of sp³-hybridized carbons (Fsp3) is 0.714. The van der Waals surface area contributed by atoms with E-state index in [4.69, 9.17) is 4.74 Å². The molecule has 0 aromatic rings. The molecule has 0 spiro atoms. The maximum Gasteiger partial charge on any atom is 0.323 e. The van der Waals surface area contributed by atoms with Gasteiger partial charge in [-0.15, -0.1) is 0 Å². The van der Waals surface area contributed by atoms with Crippen molar-refractivity contribution in [2.24, 2.45) is 11.3 Å². The first-order valence-electron chi connectivity index (χ1n) is 6.40. The molecular weight excluding hydrogens is 232 g/mol. The van der Waals surface area contributed by atoms with Gasteiger partial charge in [-0.3, -0.25) is 9.59 Å². The Morgan fingerprint density at radius 1 is 1.33 bits per heavy atom. The summed E-state index contributed by atoms with van der Waals surface area (Å²) in [5.74, 6) is -1.78. The van der Waals surface area contributed by atoms with Crippen LogP contribution in [0.2, 0.25) is 0 Å². The first-order chi connectivity index (χ1) is 8.45. The highest BCUT2D eigenvalue weighted by molar-refractivity contribution is 5.99. The smallest absolute Gasteiger partial charge is 0.323 e. The zero-order chi connectivity index (χ0) is 13.8. The fourth-order valence-corrected chi connectivity index (χ4v) is 2.73. The highest BCUT2D eigenvalue weighted by Gasteiger charge is 2.53. The molecule has 1 fully saturated rings. The average Bonchev–Trinajstić information content (AvgIpc) is 2.82. The minimum Gasteiger partial charge on any atom is -0.480 e. The van der Waals surface area contributed by atoms with Crippen molar-refractivity contribution < 1.29 is 19.4 Å². The Labute approximate surface area is 108 Å². The van der Waals surface area contributed by atoms with E-state index in [-0.39, 0.29) is 12.3 Å². The lowest BCUT2D eigenvalue weighted by Crippen LogP contribution is -2.45. The maximum atomic E-state index is 12.0. The molecule has 0 heterocycles. The van der Waals surface area contributed by atoms with E-state index in [1.807, 2.05) is 19.9 Å². The van der Waals surface area contributed by atoms with Crippen molar-refractivity contribution in [2.45, 2.75) is 46.0 Å². The van der Waals surface area contributed by atoms with Crippen LogP contribution in [0.3, 0.4) is 0 Å². The molecule has 1 rings (SSSR count). The summed E-state index contributed by atoms with van der Waals surface area (Å²) in [6.07, 6.45) is 5.61. The van der Waals surface area contributed by atoms with E-state index in [1.54, 1.807) is 0 Å². The number of methoxy groups -OCH3 is 1. The van der Waals surface area contributed by atoms with E-state index in [0.29, 0.717) is 0 Å². The standard InChI is InChI=1S/C14H22O4/c1-10(2)8-9-14(12(15)16,13(17)18-3)11-6-4-5-7-11/h8,11H,4-7,9H2,1-3H3,(H,15,16). The van der Waals surface area contributed by atoms with E-state index in [9.17, 15) is 14.7 Å². The van der Waals surface area contributed by atoms with E-state index in [2.05, 4.69) is 0 Å². The highest BCUT2D eigenvalue weighted by atomic mass is 16.5. The normalized spacial score (nSPS) is 19.1. The van der Waals surface area contributed by atoms with Crippen LogP contribution in [-0.4, -0.2) is 24.2 Å². The lowest BCUT2D eigenvalue weighted by Gasteiger charge is -2.31. The minimum atomic E-state index is -1.40. The van der Waals surface area contributed by atoms with Gasteiger partial charge in [0.1, 0.15) is 0 Å². The summed E-state index contributed by atoms with van der Waals surface area (Å²) < 4.78 is 4.77. The Bertz CT molecular complexity index is 349. The number of hydrogen-bond donors (Lipinski definition) is 1. The van der Waals surface area contributed by atoms with Gasteiger partial charge in [0.05, 0.1) is 7.11 Å². The minimum absolute atomic E-state index is 0.113. The Balaban J connectivity index is 3.12. The van der Waals surface area contributed by atoms with Crippen molar-refractivity contribution in [1.29, 1.82) is 0 Å². The summed E-state index contributed by atoms with van der Waals surface area (Å²) in [6, 6.07) is 0. The lowest BCUT2D eigenvalue weighted by atomic mass is 9.71. The average molecular weight is 254 g/mol. The van der Waals surface area contributed by atoms with Crippen LogP contribution in [0, 0.1) is 11.3 Å². The number of carbonyl (C=O) groups excluding carboxylic acids is 1. The lowest BCUT2D eigenvalue weighted by molar-refractivity contribution is -0.171. The second kappa shape index (κ2) is 6.03. The van der Waals surface area contributed by atoms with E-state index in [1.165, 1.54) is 7.11 Å². The summed E-state index contributed by atoms with van der Waals surface area (Å²) in [7, 11) is 1.26. The van der Waals surface area contributed by atoms with Crippen molar-refractivity contribution in [3.05, 3.63) is 11.6 Å².